The number of unbranched alkanes of at least 4 members (excludes halogenated alkanes) is 10. The Morgan fingerprint density at radius 2 is 1.38 bits per heavy atom. The Bertz CT molecular complexity index is 1120. The first-order chi connectivity index (χ1) is 17.8. The number of nitrogen functional groups attached to an aromatic ring is 1. The third kappa shape index (κ3) is 9.05. The SMILES string of the molecule is CCCCCCCCNc1ccc2nc3cc(NC(C)(C)C)c(N)cc3[n+](CCCCCCCC)c2c1. The lowest BCUT2D eigenvalue weighted by molar-refractivity contribution is -0.646. The third-order valence-corrected chi connectivity index (χ3v) is 7.05. The maximum atomic E-state index is 6.55. The summed E-state index contributed by atoms with van der Waals surface area (Å²) in [6.45, 7) is 13.0. The van der Waals surface area contributed by atoms with E-state index >= 15 is 0 Å². The van der Waals surface area contributed by atoms with Crippen LogP contribution >= 0.6 is 0 Å². The van der Waals surface area contributed by atoms with E-state index in [4.69, 9.17) is 10.7 Å². The smallest absolute Gasteiger partial charge is 0.233 e. The number of rotatable bonds is 16. The molecule has 204 valence electrons. The van der Waals surface area contributed by atoms with E-state index in [0.717, 1.165) is 41.0 Å². The van der Waals surface area contributed by atoms with Crippen molar-refractivity contribution in [3.05, 3.63) is 30.3 Å². The van der Waals surface area contributed by atoms with E-state index in [-0.39, 0.29) is 5.54 Å². The molecule has 0 fully saturated rings. The molecule has 0 aliphatic heterocycles. The van der Waals surface area contributed by atoms with Crippen LogP contribution in [0.5, 0.6) is 0 Å². The Morgan fingerprint density at radius 3 is 2.05 bits per heavy atom. The van der Waals surface area contributed by atoms with Crippen LogP contribution in [0.1, 0.15) is 112 Å². The first-order valence-corrected chi connectivity index (χ1v) is 14.9. The largest absolute Gasteiger partial charge is 0.397 e. The molecule has 4 N–H and O–H groups in total. The molecule has 0 spiro atoms. The Kier molecular flexibility index (Phi) is 11.3. The fourth-order valence-electron chi connectivity index (χ4n) is 5.04. The minimum atomic E-state index is -0.0658. The second kappa shape index (κ2) is 14.4. The summed E-state index contributed by atoms with van der Waals surface area (Å²) in [5.41, 5.74) is 13.7. The molecule has 37 heavy (non-hydrogen) atoms. The third-order valence-electron chi connectivity index (χ3n) is 7.05. The number of nitrogens with one attached hydrogen (secondary N) is 2. The predicted molar refractivity (Wildman–Crippen MR) is 162 cm³/mol. The summed E-state index contributed by atoms with van der Waals surface area (Å²) in [5.74, 6) is 0. The first-order valence-electron chi connectivity index (χ1n) is 14.9. The predicted octanol–water partition coefficient (Wildman–Crippen LogP) is 8.60. The number of aryl methyl sites for hydroxylation is 1. The minimum Gasteiger partial charge on any atom is -0.397 e. The zero-order valence-corrected chi connectivity index (χ0v) is 24.3. The van der Waals surface area contributed by atoms with Gasteiger partial charge in [-0.05, 0) is 51.8 Å². The van der Waals surface area contributed by atoms with Crippen LogP contribution in [0.15, 0.2) is 30.3 Å². The van der Waals surface area contributed by atoms with Crippen LogP contribution in [-0.4, -0.2) is 17.1 Å². The molecule has 3 aromatic rings. The monoisotopic (exact) mass is 506 g/mol. The Morgan fingerprint density at radius 1 is 0.757 bits per heavy atom. The molecule has 1 aromatic heterocycles. The van der Waals surface area contributed by atoms with E-state index in [0.29, 0.717) is 0 Å². The van der Waals surface area contributed by atoms with Crippen LogP contribution in [0.25, 0.3) is 22.1 Å². The van der Waals surface area contributed by atoms with Gasteiger partial charge in [0.2, 0.25) is 11.0 Å². The molecule has 0 amide bonds. The van der Waals surface area contributed by atoms with Gasteiger partial charge in [-0.2, -0.15) is 4.57 Å². The summed E-state index contributed by atoms with van der Waals surface area (Å²) in [6.07, 6.45) is 15.6. The molecule has 0 saturated carbocycles. The molecule has 3 rings (SSSR count). The van der Waals surface area contributed by atoms with Gasteiger partial charge in [0.1, 0.15) is 17.6 Å². The van der Waals surface area contributed by atoms with Crippen molar-refractivity contribution in [3.63, 3.8) is 0 Å². The van der Waals surface area contributed by atoms with Gasteiger partial charge in [-0.1, -0.05) is 71.6 Å². The zero-order valence-electron chi connectivity index (χ0n) is 24.3. The molecule has 5 nitrogen and oxygen atoms in total. The molecule has 0 aliphatic rings. The first kappa shape index (κ1) is 29.0. The number of benzene rings is 2. The van der Waals surface area contributed by atoms with Gasteiger partial charge in [0.15, 0.2) is 0 Å². The molecular weight excluding hydrogens is 454 g/mol. The van der Waals surface area contributed by atoms with Crippen molar-refractivity contribution in [2.24, 2.45) is 0 Å². The number of anilines is 3. The topological polar surface area (TPSA) is 66.8 Å². The molecule has 2 aromatic carbocycles. The fraction of sp³-hybridized carbons (Fsp3) is 0.625. The van der Waals surface area contributed by atoms with Crippen LogP contribution in [0.3, 0.4) is 0 Å². The molecule has 5 heteroatoms. The van der Waals surface area contributed by atoms with Crippen molar-refractivity contribution >= 4 is 39.1 Å². The van der Waals surface area contributed by atoms with E-state index in [2.05, 4.69) is 80.2 Å². The molecule has 0 aliphatic carbocycles. The van der Waals surface area contributed by atoms with Gasteiger partial charge < -0.3 is 16.4 Å². The standard InChI is InChI=1S/C32H51N5/c1-6-8-10-12-14-16-20-34-25-18-19-27-30(22-25)37(21-17-15-13-11-9-7-2)31-23-26(33)28(24-29(31)35-27)36-32(3,4)5/h18-19,22-24H,6-17,20-21H2,1-5H3,(H3,33,34,35,36)/p+1. The van der Waals surface area contributed by atoms with E-state index in [1.165, 1.54) is 88.3 Å². The van der Waals surface area contributed by atoms with Crippen LogP contribution in [0.2, 0.25) is 0 Å². The maximum absolute atomic E-state index is 6.55. The lowest BCUT2D eigenvalue weighted by Gasteiger charge is -2.23. The van der Waals surface area contributed by atoms with E-state index in [1.54, 1.807) is 0 Å². The summed E-state index contributed by atoms with van der Waals surface area (Å²) in [5, 5.41) is 7.21. The van der Waals surface area contributed by atoms with Crippen molar-refractivity contribution in [2.45, 2.75) is 124 Å². The minimum absolute atomic E-state index is 0.0658. The number of aromatic nitrogens is 2. The summed E-state index contributed by atoms with van der Waals surface area (Å²) in [4.78, 5) is 5.07. The van der Waals surface area contributed by atoms with Crippen molar-refractivity contribution in [3.8, 4) is 0 Å². The van der Waals surface area contributed by atoms with Crippen molar-refractivity contribution in [2.75, 3.05) is 22.9 Å². The normalized spacial score (nSPS) is 11.9. The Hall–Kier alpha value is -2.56. The zero-order chi connectivity index (χ0) is 26.7. The molecule has 0 bridgehead atoms. The molecular formula is C32H52N5+. The molecule has 1 heterocycles. The lowest BCUT2D eigenvalue weighted by Crippen LogP contribution is -2.36. The number of nitrogens with two attached hydrogens (primary N) is 1. The van der Waals surface area contributed by atoms with Gasteiger partial charge >= 0.3 is 0 Å². The Labute approximate surface area is 225 Å². The highest BCUT2D eigenvalue weighted by molar-refractivity contribution is 5.89. The number of fused-ring (bicyclic) bond motifs is 2. The van der Waals surface area contributed by atoms with Gasteiger partial charge in [0, 0.05) is 36.3 Å². The second-order valence-electron chi connectivity index (χ2n) is 11.7. The van der Waals surface area contributed by atoms with Crippen LogP contribution in [0.4, 0.5) is 17.1 Å². The lowest BCUT2D eigenvalue weighted by atomic mass is 10.1. The summed E-state index contributed by atoms with van der Waals surface area (Å²) < 4.78 is 2.45. The van der Waals surface area contributed by atoms with Crippen LogP contribution in [-0.2, 0) is 6.54 Å². The van der Waals surface area contributed by atoms with E-state index < -0.39 is 0 Å². The summed E-state index contributed by atoms with van der Waals surface area (Å²) in [6, 6.07) is 10.9. The number of nitrogens with zero attached hydrogens (tertiary/aromatic N) is 2. The molecule has 0 unspecified atom stereocenters. The van der Waals surface area contributed by atoms with Crippen LogP contribution < -0.4 is 20.9 Å². The average molecular weight is 507 g/mol. The van der Waals surface area contributed by atoms with E-state index in [9.17, 15) is 0 Å². The highest BCUT2D eigenvalue weighted by Gasteiger charge is 2.20. The molecule has 0 radical (unpaired) electrons. The molecule has 0 saturated heterocycles. The van der Waals surface area contributed by atoms with Gasteiger partial charge in [-0.15, -0.1) is 0 Å². The van der Waals surface area contributed by atoms with Gasteiger partial charge in [-0.3, -0.25) is 0 Å². The quantitative estimate of drug-likeness (QED) is 0.0787. The van der Waals surface area contributed by atoms with Gasteiger partial charge in [0.05, 0.1) is 11.4 Å². The van der Waals surface area contributed by atoms with Crippen molar-refractivity contribution < 1.29 is 4.57 Å². The second-order valence-corrected chi connectivity index (χ2v) is 11.7. The fourth-order valence-corrected chi connectivity index (χ4v) is 5.04. The Balaban J connectivity index is 1.86. The van der Waals surface area contributed by atoms with Gasteiger partial charge in [-0.25, -0.2) is 4.98 Å². The highest BCUT2D eigenvalue weighted by Crippen LogP contribution is 2.28. The maximum Gasteiger partial charge on any atom is 0.233 e. The molecule has 0 atom stereocenters. The summed E-state index contributed by atoms with van der Waals surface area (Å²) >= 11 is 0. The summed E-state index contributed by atoms with van der Waals surface area (Å²) in [7, 11) is 0. The van der Waals surface area contributed by atoms with Crippen LogP contribution in [0, 0.1) is 0 Å². The van der Waals surface area contributed by atoms with Crippen molar-refractivity contribution in [1.82, 2.24) is 4.98 Å². The highest BCUT2D eigenvalue weighted by atomic mass is 15.0. The number of hydrogen-bond donors (Lipinski definition) is 3. The average Bonchev–Trinajstić information content (AvgIpc) is 2.85. The number of hydrogen-bond acceptors (Lipinski definition) is 4. The van der Waals surface area contributed by atoms with Crippen molar-refractivity contribution in [1.29, 1.82) is 0 Å². The van der Waals surface area contributed by atoms with E-state index in [1.807, 2.05) is 0 Å². The van der Waals surface area contributed by atoms with Gasteiger partial charge in [0.25, 0.3) is 0 Å².